The molecule has 0 aliphatic heterocycles. The molecule has 0 radical (unpaired) electrons. The molecule has 0 aliphatic carbocycles. The van der Waals surface area contributed by atoms with Crippen molar-refractivity contribution in [1.29, 1.82) is 0 Å². The fourth-order valence-corrected chi connectivity index (χ4v) is 1.91. The van der Waals surface area contributed by atoms with Crippen LogP contribution in [0, 0.1) is 6.92 Å². The maximum atomic E-state index is 11.0. The van der Waals surface area contributed by atoms with Gasteiger partial charge in [-0.3, -0.25) is 0 Å². The molecule has 2 aromatic rings. The van der Waals surface area contributed by atoms with E-state index in [1.54, 1.807) is 19.2 Å². The number of aromatic carboxylic acids is 1. The second kappa shape index (κ2) is 6.90. The molecule has 1 N–H and O–H groups in total. The lowest BCUT2D eigenvalue weighted by atomic mass is 10.1. The van der Waals surface area contributed by atoms with Crippen LogP contribution in [-0.4, -0.2) is 24.8 Å². The molecule has 0 fully saturated rings. The van der Waals surface area contributed by atoms with Crippen LogP contribution in [0.25, 0.3) is 0 Å². The summed E-state index contributed by atoms with van der Waals surface area (Å²) in [7, 11) is 1.68. The number of carbonyl (C=O) groups is 1. The van der Waals surface area contributed by atoms with E-state index in [1.165, 1.54) is 11.6 Å². The molecule has 2 rings (SSSR count). The standard InChI is InChI=1S/C17H18O4/c1-12-3-6-14(17(18)19)11-16(12)21-15-7-4-13(5-8-15)9-10-20-2/h3-8,11H,9-10H2,1-2H3,(H,18,19). The summed E-state index contributed by atoms with van der Waals surface area (Å²) < 4.78 is 10.8. The Kier molecular flexibility index (Phi) is 4.95. The Hall–Kier alpha value is -2.33. The van der Waals surface area contributed by atoms with Gasteiger partial charge < -0.3 is 14.6 Å². The fraction of sp³-hybridized carbons (Fsp3) is 0.235. The normalized spacial score (nSPS) is 10.4. The van der Waals surface area contributed by atoms with Crippen molar-refractivity contribution in [2.45, 2.75) is 13.3 Å². The Morgan fingerprint density at radius 1 is 1.14 bits per heavy atom. The smallest absolute Gasteiger partial charge is 0.335 e. The summed E-state index contributed by atoms with van der Waals surface area (Å²) >= 11 is 0. The van der Waals surface area contributed by atoms with Gasteiger partial charge in [0.2, 0.25) is 0 Å². The van der Waals surface area contributed by atoms with Gasteiger partial charge >= 0.3 is 5.97 Å². The summed E-state index contributed by atoms with van der Waals surface area (Å²) in [5.41, 5.74) is 2.27. The van der Waals surface area contributed by atoms with Crippen LogP contribution in [0.1, 0.15) is 21.5 Å². The molecule has 4 heteroatoms. The van der Waals surface area contributed by atoms with Gasteiger partial charge in [-0.1, -0.05) is 18.2 Å². The average molecular weight is 286 g/mol. The van der Waals surface area contributed by atoms with Crippen LogP contribution in [0.15, 0.2) is 42.5 Å². The Morgan fingerprint density at radius 2 is 1.86 bits per heavy atom. The van der Waals surface area contributed by atoms with Crippen LogP contribution in [0.4, 0.5) is 0 Å². The zero-order chi connectivity index (χ0) is 15.2. The number of carboxylic acids is 1. The molecule has 110 valence electrons. The van der Waals surface area contributed by atoms with Gasteiger partial charge in [0, 0.05) is 7.11 Å². The Balaban J connectivity index is 2.14. The van der Waals surface area contributed by atoms with E-state index in [1.807, 2.05) is 31.2 Å². The van der Waals surface area contributed by atoms with E-state index in [-0.39, 0.29) is 5.56 Å². The first-order valence-electron chi connectivity index (χ1n) is 6.70. The molecule has 2 aromatic carbocycles. The highest BCUT2D eigenvalue weighted by molar-refractivity contribution is 5.88. The molecule has 0 atom stereocenters. The lowest BCUT2D eigenvalue weighted by molar-refractivity contribution is 0.0696. The SMILES string of the molecule is COCCc1ccc(Oc2cc(C(=O)O)ccc2C)cc1. The average Bonchev–Trinajstić information content (AvgIpc) is 2.48. The molecule has 0 unspecified atom stereocenters. The monoisotopic (exact) mass is 286 g/mol. The van der Waals surface area contributed by atoms with Gasteiger partial charge in [0.15, 0.2) is 0 Å². The number of rotatable bonds is 6. The van der Waals surface area contributed by atoms with Crippen molar-refractivity contribution in [2.75, 3.05) is 13.7 Å². The zero-order valence-electron chi connectivity index (χ0n) is 12.1. The van der Waals surface area contributed by atoms with Crippen molar-refractivity contribution in [2.24, 2.45) is 0 Å². The molecule has 0 bridgehead atoms. The molecule has 4 nitrogen and oxygen atoms in total. The van der Waals surface area contributed by atoms with Gasteiger partial charge in [-0.25, -0.2) is 4.79 Å². The number of methoxy groups -OCH3 is 1. The molecule has 0 aliphatic rings. The molecule has 0 aromatic heterocycles. The van der Waals surface area contributed by atoms with Crippen molar-refractivity contribution >= 4 is 5.97 Å². The van der Waals surface area contributed by atoms with E-state index < -0.39 is 5.97 Å². The predicted octanol–water partition coefficient (Wildman–Crippen LogP) is 3.67. The summed E-state index contributed by atoms with van der Waals surface area (Å²) in [6, 6.07) is 12.5. The van der Waals surface area contributed by atoms with Gasteiger partial charge in [0.1, 0.15) is 11.5 Å². The zero-order valence-corrected chi connectivity index (χ0v) is 12.1. The lowest BCUT2D eigenvalue weighted by Crippen LogP contribution is -1.98. The highest BCUT2D eigenvalue weighted by Crippen LogP contribution is 2.26. The summed E-state index contributed by atoms with van der Waals surface area (Å²) in [5, 5.41) is 9.02. The first-order chi connectivity index (χ1) is 10.1. The fourth-order valence-electron chi connectivity index (χ4n) is 1.91. The molecular formula is C17H18O4. The van der Waals surface area contributed by atoms with Crippen molar-refractivity contribution < 1.29 is 19.4 Å². The third-order valence-electron chi connectivity index (χ3n) is 3.18. The number of hydrogen-bond donors (Lipinski definition) is 1. The largest absolute Gasteiger partial charge is 0.478 e. The van der Waals surface area contributed by atoms with Gasteiger partial charge in [0.25, 0.3) is 0 Å². The van der Waals surface area contributed by atoms with Crippen LogP contribution < -0.4 is 4.74 Å². The second-order valence-corrected chi connectivity index (χ2v) is 4.77. The highest BCUT2D eigenvalue weighted by atomic mass is 16.5. The van der Waals surface area contributed by atoms with Crippen LogP contribution in [0.2, 0.25) is 0 Å². The Bertz CT molecular complexity index is 617. The molecule has 0 saturated carbocycles. The minimum Gasteiger partial charge on any atom is -0.478 e. The topological polar surface area (TPSA) is 55.8 Å². The maximum absolute atomic E-state index is 11.0. The summed E-state index contributed by atoms with van der Waals surface area (Å²) in [6.07, 6.45) is 0.851. The predicted molar refractivity (Wildman–Crippen MR) is 80.2 cm³/mol. The molecule has 0 amide bonds. The third-order valence-corrected chi connectivity index (χ3v) is 3.18. The number of ether oxygens (including phenoxy) is 2. The van der Waals surface area contributed by atoms with E-state index >= 15 is 0 Å². The summed E-state index contributed by atoms with van der Waals surface area (Å²) in [4.78, 5) is 11.0. The summed E-state index contributed by atoms with van der Waals surface area (Å²) in [6.45, 7) is 2.56. The minimum atomic E-state index is -0.963. The van der Waals surface area contributed by atoms with Gasteiger partial charge in [-0.2, -0.15) is 0 Å². The molecule has 0 saturated heterocycles. The lowest BCUT2D eigenvalue weighted by Gasteiger charge is -2.10. The second-order valence-electron chi connectivity index (χ2n) is 4.77. The summed E-state index contributed by atoms with van der Waals surface area (Å²) in [5.74, 6) is 0.274. The quantitative estimate of drug-likeness (QED) is 0.880. The van der Waals surface area contributed by atoms with E-state index in [0.717, 1.165) is 12.0 Å². The first-order valence-corrected chi connectivity index (χ1v) is 6.70. The Morgan fingerprint density at radius 3 is 2.48 bits per heavy atom. The number of carboxylic acid groups (broad SMARTS) is 1. The first kappa shape index (κ1) is 15.1. The van der Waals surface area contributed by atoms with E-state index in [9.17, 15) is 4.79 Å². The van der Waals surface area contributed by atoms with Crippen molar-refractivity contribution in [3.8, 4) is 11.5 Å². The highest BCUT2D eigenvalue weighted by Gasteiger charge is 2.08. The minimum absolute atomic E-state index is 0.215. The van der Waals surface area contributed by atoms with Crippen LogP contribution in [0.5, 0.6) is 11.5 Å². The van der Waals surface area contributed by atoms with Crippen LogP contribution in [-0.2, 0) is 11.2 Å². The van der Waals surface area contributed by atoms with Gasteiger partial charge in [-0.15, -0.1) is 0 Å². The van der Waals surface area contributed by atoms with E-state index in [0.29, 0.717) is 18.1 Å². The van der Waals surface area contributed by atoms with Gasteiger partial charge in [0.05, 0.1) is 12.2 Å². The molecule has 0 spiro atoms. The number of hydrogen-bond acceptors (Lipinski definition) is 3. The number of aryl methyl sites for hydroxylation is 1. The van der Waals surface area contributed by atoms with Gasteiger partial charge in [-0.05, 0) is 48.7 Å². The maximum Gasteiger partial charge on any atom is 0.335 e. The van der Waals surface area contributed by atoms with E-state index in [4.69, 9.17) is 14.6 Å². The third kappa shape index (κ3) is 4.07. The van der Waals surface area contributed by atoms with Crippen LogP contribution >= 0.6 is 0 Å². The molecule has 0 heterocycles. The molecular weight excluding hydrogens is 268 g/mol. The molecule has 21 heavy (non-hydrogen) atoms. The van der Waals surface area contributed by atoms with Crippen molar-refractivity contribution in [1.82, 2.24) is 0 Å². The van der Waals surface area contributed by atoms with E-state index in [2.05, 4.69) is 0 Å². The van der Waals surface area contributed by atoms with Crippen LogP contribution in [0.3, 0.4) is 0 Å². The Labute approximate surface area is 123 Å². The number of benzene rings is 2. The van der Waals surface area contributed by atoms with Crippen molar-refractivity contribution in [3.63, 3.8) is 0 Å². The van der Waals surface area contributed by atoms with Crippen molar-refractivity contribution in [3.05, 3.63) is 59.2 Å².